The Morgan fingerprint density at radius 2 is 1.38 bits per heavy atom. The maximum atomic E-state index is 10.0. The fraction of sp³-hybridized carbons (Fsp3) is 0.640. The van der Waals surface area contributed by atoms with Gasteiger partial charge < -0.3 is 4.79 Å². The second kappa shape index (κ2) is 23.6. The molecule has 0 aromatic heterocycles. The minimum absolute atomic E-state index is 0.289. The molecular formula is C25H46O. The SMILES string of the molecule is C/C=C(/C)c1ccccc1C.CC.CCCC(C)=O.CCCCCCC. The van der Waals surface area contributed by atoms with Crippen LogP contribution in [0.3, 0.4) is 0 Å². The van der Waals surface area contributed by atoms with Gasteiger partial charge in [0.15, 0.2) is 0 Å². The molecule has 0 amide bonds. The molecule has 0 spiro atoms. The molecule has 0 aliphatic carbocycles. The monoisotopic (exact) mass is 362 g/mol. The molecule has 0 heterocycles. The van der Waals surface area contributed by atoms with Gasteiger partial charge in [0.1, 0.15) is 5.78 Å². The van der Waals surface area contributed by atoms with Gasteiger partial charge in [0, 0.05) is 6.42 Å². The minimum Gasteiger partial charge on any atom is -0.300 e. The lowest BCUT2D eigenvalue weighted by Gasteiger charge is -2.03. The first-order chi connectivity index (χ1) is 12.4. The largest absolute Gasteiger partial charge is 0.300 e. The summed E-state index contributed by atoms with van der Waals surface area (Å²) in [4.78, 5) is 10.0. The molecule has 0 unspecified atom stereocenters. The second-order valence-electron chi connectivity index (χ2n) is 6.30. The lowest BCUT2D eigenvalue weighted by atomic mass is 10.0. The van der Waals surface area contributed by atoms with Crippen LogP contribution in [0.25, 0.3) is 5.57 Å². The summed E-state index contributed by atoms with van der Waals surface area (Å²) in [5.41, 5.74) is 4.06. The van der Waals surface area contributed by atoms with Crippen LogP contribution in [0.5, 0.6) is 0 Å². The third-order valence-corrected chi connectivity index (χ3v) is 3.81. The number of carbonyl (C=O) groups is 1. The number of benzene rings is 1. The fourth-order valence-electron chi connectivity index (χ4n) is 2.20. The van der Waals surface area contributed by atoms with Crippen molar-refractivity contribution in [2.24, 2.45) is 0 Å². The lowest BCUT2D eigenvalue weighted by molar-refractivity contribution is -0.117. The van der Waals surface area contributed by atoms with Crippen LogP contribution in [0.1, 0.15) is 111 Å². The van der Waals surface area contributed by atoms with Gasteiger partial charge >= 0.3 is 0 Å². The molecule has 1 heteroatoms. The van der Waals surface area contributed by atoms with E-state index in [9.17, 15) is 4.79 Å². The molecule has 0 atom stereocenters. The minimum atomic E-state index is 0.289. The number of unbranched alkanes of at least 4 members (excludes halogenated alkanes) is 4. The summed E-state index contributed by atoms with van der Waals surface area (Å²) in [5.74, 6) is 0.289. The summed E-state index contributed by atoms with van der Waals surface area (Å²) in [6, 6.07) is 8.45. The van der Waals surface area contributed by atoms with Crippen molar-refractivity contribution in [3.8, 4) is 0 Å². The van der Waals surface area contributed by atoms with Crippen LogP contribution in [0.15, 0.2) is 30.3 Å². The first-order valence-electron chi connectivity index (χ1n) is 10.6. The Morgan fingerprint density at radius 3 is 1.69 bits per heavy atom. The van der Waals surface area contributed by atoms with Gasteiger partial charge in [0.25, 0.3) is 0 Å². The summed E-state index contributed by atoms with van der Waals surface area (Å²) >= 11 is 0. The van der Waals surface area contributed by atoms with Crippen LogP contribution in [0.4, 0.5) is 0 Å². The zero-order valence-electron chi connectivity index (χ0n) is 19.2. The summed E-state index contributed by atoms with van der Waals surface area (Å²) in [7, 11) is 0. The molecule has 0 N–H and O–H groups in total. The zero-order chi connectivity index (χ0) is 20.8. The van der Waals surface area contributed by atoms with Crippen molar-refractivity contribution in [1.29, 1.82) is 0 Å². The maximum Gasteiger partial charge on any atom is 0.129 e. The van der Waals surface area contributed by atoms with Crippen LogP contribution in [0.2, 0.25) is 0 Å². The molecule has 0 radical (unpaired) electrons. The molecule has 0 aliphatic rings. The fourth-order valence-corrected chi connectivity index (χ4v) is 2.20. The zero-order valence-corrected chi connectivity index (χ0v) is 19.2. The van der Waals surface area contributed by atoms with E-state index in [1.807, 2.05) is 20.8 Å². The average molecular weight is 363 g/mol. The van der Waals surface area contributed by atoms with Crippen molar-refractivity contribution in [2.45, 2.75) is 107 Å². The van der Waals surface area contributed by atoms with Gasteiger partial charge in [-0.15, -0.1) is 0 Å². The Labute approximate surface area is 165 Å². The van der Waals surface area contributed by atoms with Crippen molar-refractivity contribution in [3.05, 3.63) is 41.5 Å². The van der Waals surface area contributed by atoms with E-state index in [1.165, 1.54) is 48.8 Å². The molecule has 1 nitrogen and oxygen atoms in total. The van der Waals surface area contributed by atoms with E-state index in [4.69, 9.17) is 0 Å². The molecule has 0 saturated heterocycles. The molecule has 0 bridgehead atoms. The molecular weight excluding hydrogens is 316 g/mol. The van der Waals surface area contributed by atoms with Gasteiger partial charge in [0.2, 0.25) is 0 Å². The molecule has 0 saturated carbocycles. The van der Waals surface area contributed by atoms with E-state index in [0.717, 1.165) is 12.8 Å². The summed E-state index contributed by atoms with van der Waals surface area (Å²) in [6.45, 7) is 18.5. The van der Waals surface area contributed by atoms with Gasteiger partial charge in [-0.2, -0.15) is 0 Å². The third-order valence-electron chi connectivity index (χ3n) is 3.81. The number of rotatable bonds is 7. The van der Waals surface area contributed by atoms with Gasteiger partial charge in [-0.05, 0) is 50.8 Å². The molecule has 152 valence electrons. The van der Waals surface area contributed by atoms with Crippen molar-refractivity contribution in [2.75, 3.05) is 0 Å². The molecule has 1 aromatic carbocycles. The van der Waals surface area contributed by atoms with Crippen LogP contribution in [-0.2, 0) is 4.79 Å². The number of Topliss-reactive ketones (excluding diaryl/α,β-unsaturated/α-hetero) is 1. The molecule has 1 rings (SSSR count). The van der Waals surface area contributed by atoms with Crippen molar-refractivity contribution in [1.82, 2.24) is 0 Å². The highest BCUT2D eigenvalue weighted by atomic mass is 16.1. The van der Waals surface area contributed by atoms with E-state index in [1.54, 1.807) is 6.92 Å². The van der Waals surface area contributed by atoms with Gasteiger partial charge in [0.05, 0.1) is 0 Å². The number of carbonyl (C=O) groups excluding carboxylic acids is 1. The number of ketones is 1. The Balaban J connectivity index is -0.000000308. The van der Waals surface area contributed by atoms with E-state index >= 15 is 0 Å². The van der Waals surface area contributed by atoms with E-state index in [-0.39, 0.29) is 5.78 Å². The molecule has 0 aliphatic heterocycles. The predicted octanol–water partition coefficient (Wildman–Crippen LogP) is 8.80. The van der Waals surface area contributed by atoms with Crippen LogP contribution < -0.4 is 0 Å². The van der Waals surface area contributed by atoms with Crippen LogP contribution >= 0.6 is 0 Å². The molecule has 1 aromatic rings. The highest BCUT2D eigenvalue weighted by Gasteiger charge is 1.95. The highest BCUT2D eigenvalue weighted by molar-refractivity contribution is 5.75. The number of hydrogen-bond donors (Lipinski definition) is 0. The number of allylic oxidation sites excluding steroid dienone is 2. The topological polar surface area (TPSA) is 17.1 Å². The number of hydrogen-bond acceptors (Lipinski definition) is 1. The highest BCUT2D eigenvalue weighted by Crippen LogP contribution is 2.16. The lowest BCUT2D eigenvalue weighted by Crippen LogP contribution is -1.84. The second-order valence-corrected chi connectivity index (χ2v) is 6.30. The summed E-state index contributed by atoms with van der Waals surface area (Å²) in [6.07, 6.45) is 10.9. The Hall–Kier alpha value is -1.37. The third kappa shape index (κ3) is 20.7. The Bertz CT molecular complexity index is 439. The quantitative estimate of drug-likeness (QED) is 0.443. The summed E-state index contributed by atoms with van der Waals surface area (Å²) in [5, 5.41) is 0. The Morgan fingerprint density at radius 1 is 0.885 bits per heavy atom. The van der Waals surface area contributed by atoms with Crippen molar-refractivity contribution >= 4 is 11.4 Å². The molecule has 26 heavy (non-hydrogen) atoms. The smallest absolute Gasteiger partial charge is 0.129 e. The standard InChI is InChI=1S/C11H14.C7H16.C5H10O.C2H6/c1-4-9(2)11-8-6-5-7-10(11)3;1-3-5-7-6-4-2;1-3-4-5(2)6;1-2/h4-8H,1-3H3;3-7H2,1-2H3;3-4H2,1-2H3;1-2H3/b9-4-;;;. The van der Waals surface area contributed by atoms with E-state index < -0.39 is 0 Å². The Kier molecular flexibility index (Phi) is 26.7. The van der Waals surface area contributed by atoms with E-state index in [2.05, 4.69) is 65.0 Å². The first kappa shape index (κ1) is 29.4. The van der Waals surface area contributed by atoms with Crippen molar-refractivity contribution < 1.29 is 4.79 Å². The predicted molar refractivity (Wildman–Crippen MR) is 122 cm³/mol. The van der Waals surface area contributed by atoms with Gasteiger partial charge in [-0.25, -0.2) is 0 Å². The van der Waals surface area contributed by atoms with Crippen LogP contribution in [-0.4, -0.2) is 5.78 Å². The number of aryl methyl sites for hydroxylation is 1. The van der Waals surface area contributed by atoms with Gasteiger partial charge in [-0.3, -0.25) is 0 Å². The van der Waals surface area contributed by atoms with Crippen molar-refractivity contribution in [3.63, 3.8) is 0 Å². The first-order valence-corrected chi connectivity index (χ1v) is 10.6. The maximum absolute atomic E-state index is 10.0. The normalized spacial score (nSPS) is 9.65. The summed E-state index contributed by atoms with van der Waals surface area (Å²) < 4.78 is 0. The van der Waals surface area contributed by atoms with E-state index in [0.29, 0.717) is 0 Å². The van der Waals surface area contributed by atoms with Crippen LogP contribution in [0, 0.1) is 6.92 Å². The van der Waals surface area contributed by atoms with Gasteiger partial charge in [-0.1, -0.05) is 97.1 Å². The molecule has 0 fully saturated rings. The average Bonchev–Trinajstić information content (AvgIpc) is 2.64.